The van der Waals surface area contributed by atoms with E-state index in [2.05, 4.69) is 0 Å². The number of carbonyl (C=O) groups excluding carboxylic acids is 1. The summed E-state index contributed by atoms with van der Waals surface area (Å²) in [6.07, 6.45) is 8.98. The summed E-state index contributed by atoms with van der Waals surface area (Å²) in [6, 6.07) is 1.91. The average molecular weight is 265 g/mol. The van der Waals surface area contributed by atoms with Crippen LogP contribution in [0.2, 0.25) is 0 Å². The molecule has 1 fully saturated rings. The fourth-order valence-corrected chi connectivity index (χ4v) is 2.69. The Morgan fingerprint density at radius 3 is 2.89 bits per heavy atom. The van der Waals surface area contributed by atoms with Crippen molar-refractivity contribution < 1.29 is 13.9 Å². The zero-order chi connectivity index (χ0) is 13.5. The number of amides is 1. The lowest BCUT2D eigenvalue weighted by Gasteiger charge is -2.23. The zero-order valence-corrected chi connectivity index (χ0v) is 11.6. The van der Waals surface area contributed by atoms with Crippen LogP contribution in [0.15, 0.2) is 23.0 Å². The van der Waals surface area contributed by atoms with Gasteiger partial charge in [0.1, 0.15) is 0 Å². The molecule has 1 aromatic heterocycles. The fourth-order valence-electron chi connectivity index (χ4n) is 2.69. The summed E-state index contributed by atoms with van der Waals surface area (Å²) in [5.74, 6) is 0.826. The van der Waals surface area contributed by atoms with Gasteiger partial charge in [-0.2, -0.15) is 0 Å². The third-order valence-electron chi connectivity index (χ3n) is 3.81. The first-order chi connectivity index (χ1) is 9.29. The second-order valence-electron chi connectivity index (χ2n) is 5.29. The van der Waals surface area contributed by atoms with Crippen molar-refractivity contribution in [1.29, 1.82) is 0 Å². The van der Waals surface area contributed by atoms with Crippen LogP contribution in [0.5, 0.6) is 0 Å². The highest BCUT2D eigenvalue weighted by Crippen LogP contribution is 2.28. The van der Waals surface area contributed by atoms with Gasteiger partial charge >= 0.3 is 0 Å². The van der Waals surface area contributed by atoms with Crippen LogP contribution in [-0.4, -0.2) is 31.1 Å². The first kappa shape index (κ1) is 14.1. The molecule has 0 N–H and O–H groups in total. The minimum Gasteiger partial charge on any atom is -0.472 e. The number of carbonyl (C=O) groups is 1. The third kappa shape index (κ3) is 4.39. The van der Waals surface area contributed by atoms with Crippen LogP contribution in [0.25, 0.3) is 0 Å². The van der Waals surface area contributed by atoms with Crippen LogP contribution in [0.4, 0.5) is 0 Å². The maximum Gasteiger partial charge on any atom is 0.223 e. The first-order valence-electron chi connectivity index (χ1n) is 7.07. The molecule has 1 aliphatic rings. The summed E-state index contributed by atoms with van der Waals surface area (Å²) in [5.41, 5.74) is 1.04. The predicted octanol–water partition coefficient (Wildman–Crippen LogP) is 2.83. The van der Waals surface area contributed by atoms with Gasteiger partial charge in [-0.05, 0) is 24.8 Å². The Bertz CT molecular complexity index is 369. The summed E-state index contributed by atoms with van der Waals surface area (Å²) < 4.78 is 10.2. The lowest BCUT2D eigenvalue weighted by atomic mass is 10.0. The molecule has 1 amide bonds. The van der Waals surface area contributed by atoms with E-state index in [0.717, 1.165) is 5.56 Å². The molecule has 0 aliphatic heterocycles. The van der Waals surface area contributed by atoms with Crippen molar-refractivity contribution in [2.45, 2.75) is 38.6 Å². The lowest BCUT2D eigenvalue weighted by Crippen LogP contribution is -2.34. The van der Waals surface area contributed by atoms with Crippen molar-refractivity contribution in [3.05, 3.63) is 24.2 Å². The number of hydrogen-bond acceptors (Lipinski definition) is 3. The quantitative estimate of drug-likeness (QED) is 0.761. The number of methoxy groups -OCH3 is 1. The normalized spacial score (nSPS) is 15.8. The lowest BCUT2D eigenvalue weighted by molar-refractivity contribution is -0.133. The van der Waals surface area contributed by atoms with E-state index in [9.17, 15) is 4.79 Å². The van der Waals surface area contributed by atoms with Crippen LogP contribution < -0.4 is 0 Å². The van der Waals surface area contributed by atoms with Gasteiger partial charge in [-0.1, -0.05) is 12.8 Å². The van der Waals surface area contributed by atoms with E-state index >= 15 is 0 Å². The van der Waals surface area contributed by atoms with Gasteiger partial charge in [-0.15, -0.1) is 0 Å². The maximum absolute atomic E-state index is 12.4. The van der Waals surface area contributed by atoms with Gasteiger partial charge in [0, 0.05) is 32.2 Å². The minimum atomic E-state index is 0.241. The molecular formula is C15H23NO3. The Labute approximate surface area is 114 Å². The summed E-state index contributed by atoms with van der Waals surface area (Å²) in [7, 11) is 1.66. The second-order valence-corrected chi connectivity index (χ2v) is 5.29. The van der Waals surface area contributed by atoms with E-state index in [4.69, 9.17) is 9.15 Å². The molecule has 19 heavy (non-hydrogen) atoms. The van der Waals surface area contributed by atoms with Gasteiger partial charge in [0.15, 0.2) is 0 Å². The van der Waals surface area contributed by atoms with Crippen LogP contribution in [0.3, 0.4) is 0 Å². The van der Waals surface area contributed by atoms with Gasteiger partial charge in [-0.25, -0.2) is 0 Å². The van der Waals surface area contributed by atoms with Crippen molar-refractivity contribution in [3.8, 4) is 0 Å². The Kier molecular flexibility index (Phi) is 5.45. The smallest absolute Gasteiger partial charge is 0.223 e. The highest BCUT2D eigenvalue weighted by molar-refractivity contribution is 5.76. The van der Waals surface area contributed by atoms with Crippen LogP contribution in [-0.2, 0) is 16.1 Å². The largest absolute Gasteiger partial charge is 0.472 e. The Morgan fingerprint density at radius 1 is 1.47 bits per heavy atom. The zero-order valence-electron chi connectivity index (χ0n) is 11.6. The molecule has 1 aliphatic carbocycles. The molecular weight excluding hydrogens is 242 g/mol. The Morgan fingerprint density at radius 2 is 2.26 bits per heavy atom. The van der Waals surface area contributed by atoms with Gasteiger partial charge in [0.2, 0.25) is 5.91 Å². The van der Waals surface area contributed by atoms with E-state index < -0.39 is 0 Å². The van der Waals surface area contributed by atoms with Gasteiger partial charge in [0.25, 0.3) is 0 Å². The molecule has 2 rings (SSSR count). The monoisotopic (exact) mass is 265 g/mol. The van der Waals surface area contributed by atoms with Gasteiger partial charge in [-0.3, -0.25) is 4.79 Å². The first-order valence-corrected chi connectivity index (χ1v) is 7.07. The molecule has 1 saturated carbocycles. The standard InChI is InChI=1S/C15H23NO3/c1-18-9-7-16(11-14-6-8-19-12-14)15(17)10-13-4-2-3-5-13/h6,8,12-13H,2-5,7,9-11H2,1H3. The van der Waals surface area contributed by atoms with Crippen molar-refractivity contribution in [2.24, 2.45) is 5.92 Å². The molecule has 106 valence electrons. The number of ether oxygens (including phenoxy) is 1. The molecule has 0 spiro atoms. The molecule has 0 atom stereocenters. The molecule has 1 aromatic rings. The van der Waals surface area contributed by atoms with Crippen molar-refractivity contribution >= 4 is 5.91 Å². The summed E-state index contributed by atoms with van der Waals surface area (Å²) in [6.45, 7) is 1.84. The molecule has 0 unspecified atom stereocenters. The summed E-state index contributed by atoms with van der Waals surface area (Å²) in [4.78, 5) is 14.3. The van der Waals surface area contributed by atoms with E-state index in [1.54, 1.807) is 19.6 Å². The molecule has 4 nitrogen and oxygen atoms in total. The van der Waals surface area contributed by atoms with E-state index in [1.807, 2.05) is 11.0 Å². The number of hydrogen-bond donors (Lipinski definition) is 0. The molecule has 0 bridgehead atoms. The van der Waals surface area contributed by atoms with E-state index in [1.165, 1.54) is 25.7 Å². The molecule has 4 heteroatoms. The van der Waals surface area contributed by atoms with Crippen LogP contribution in [0.1, 0.15) is 37.7 Å². The van der Waals surface area contributed by atoms with E-state index in [0.29, 0.717) is 32.0 Å². The van der Waals surface area contributed by atoms with Gasteiger partial charge < -0.3 is 14.1 Å². The Hall–Kier alpha value is -1.29. The second kappa shape index (κ2) is 7.34. The minimum absolute atomic E-state index is 0.241. The predicted molar refractivity (Wildman–Crippen MR) is 72.6 cm³/mol. The van der Waals surface area contributed by atoms with Crippen molar-refractivity contribution in [1.82, 2.24) is 4.90 Å². The highest BCUT2D eigenvalue weighted by atomic mass is 16.5. The number of rotatable bonds is 7. The molecule has 0 aromatic carbocycles. The van der Waals surface area contributed by atoms with Gasteiger partial charge in [0.05, 0.1) is 19.1 Å². The van der Waals surface area contributed by atoms with Crippen molar-refractivity contribution in [3.63, 3.8) is 0 Å². The summed E-state index contributed by atoms with van der Waals surface area (Å²) >= 11 is 0. The average Bonchev–Trinajstić information content (AvgIpc) is 3.07. The highest BCUT2D eigenvalue weighted by Gasteiger charge is 2.22. The molecule has 0 saturated heterocycles. The Balaban J connectivity index is 1.89. The fraction of sp³-hybridized carbons (Fsp3) is 0.667. The van der Waals surface area contributed by atoms with Crippen LogP contribution >= 0.6 is 0 Å². The summed E-state index contributed by atoms with van der Waals surface area (Å²) in [5, 5.41) is 0. The molecule has 1 heterocycles. The SMILES string of the molecule is COCCN(Cc1ccoc1)C(=O)CC1CCCC1. The van der Waals surface area contributed by atoms with Crippen molar-refractivity contribution in [2.75, 3.05) is 20.3 Å². The maximum atomic E-state index is 12.4. The molecule has 0 radical (unpaired) electrons. The third-order valence-corrected chi connectivity index (χ3v) is 3.81. The number of nitrogens with zero attached hydrogens (tertiary/aromatic N) is 1. The van der Waals surface area contributed by atoms with E-state index in [-0.39, 0.29) is 5.91 Å². The topological polar surface area (TPSA) is 42.7 Å². The number of furan rings is 1. The van der Waals surface area contributed by atoms with Crippen LogP contribution in [0, 0.1) is 5.92 Å².